The molecule has 1 N–H and O–H groups in total. The molecule has 0 saturated heterocycles. The first-order valence-corrected chi connectivity index (χ1v) is 22.6. The third-order valence-corrected chi connectivity index (χ3v) is 10.5. The van der Waals surface area contributed by atoms with Gasteiger partial charge in [0.1, 0.15) is 11.9 Å². The summed E-state index contributed by atoms with van der Waals surface area (Å²) >= 11 is 0. The molecule has 50 heavy (non-hydrogen) atoms. The van der Waals surface area contributed by atoms with E-state index in [0.29, 0.717) is 25.7 Å². The van der Waals surface area contributed by atoms with Crippen molar-refractivity contribution in [2.45, 2.75) is 264 Å². The van der Waals surface area contributed by atoms with Gasteiger partial charge in [0.05, 0.1) is 0 Å². The maximum Gasteiger partial charge on any atom is 0.161 e. The Hall–Kier alpha value is -1.22. The van der Waals surface area contributed by atoms with Crippen molar-refractivity contribution in [2.24, 2.45) is 0 Å². The second-order valence-electron chi connectivity index (χ2n) is 15.6. The van der Waals surface area contributed by atoms with Crippen LogP contribution in [0.4, 0.5) is 0 Å². The van der Waals surface area contributed by atoms with E-state index in [9.17, 15) is 14.7 Å². The highest BCUT2D eigenvalue weighted by molar-refractivity contribution is 5.84. The third-order valence-electron chi connectivity index (χ3n) is 10.5. The maximum atomic E-state index is 12.3. The zero-order valence-electron chi connectivity index (χ0n) is 34.0. The fourth-order valence-electron chi connectivity index (χ4n) is 6.93. The van der Waals surface area contributed by atoms with Gasteiger partial charge in [-0.1, -0.05) is 192 Å². The van der Waals surface area contributed by atoms with Gasteiger partial charge in [0.2, 0.25) is 0 Å². The molecular formula is C47H88O3. The quantitative estimate of drug-likeness (QED) is 0.0509. The molecule has 0 rings (SSSR count). The number of hydrogen-bond donors (Lipinski definition) is 1. The second-order valence-corrected chi connectivity index (χ2v) is 15.6. The molecule has 0 aromatic carbocycles. The highest BCUT2D eigenvalue weighted by atomic mass is 16.3. The van der Waals surface area contributed by atoms with Gasteiger partial charge in [-0.2, -0.15) is 0 Å². The molecule has 0 bridgehead atoms. The number of allylic oxidation sites excluding steroid dienone is 4. The van der Waals surface area contributed by atoms with Crippen LogP contribution in [-0.4, -0.2) is 22.8 Å². The smallest absolute Gasteiger partial charge is 0.161 e. The second kappa shape index (κ2) is 42.2. The monoisotopic (exact) mass is 701 g/mol. The molecule has 3 nitrogen and oxygen atoms in total. The topological polar surface area (TPSA) is 54.4 Å². The van der Waals surface area contributed by atoms with E-state index in [-0.39, 0.29) is 11.6 Å². The van der Waals surface area contributed by atoms with Crippen LogP contribution in [0.25, 0.3) is 0 Å². The van der Waals surface area contributed by atoms with Crippen LogP contribution in [0.5, 0.6) is 0 Å². The van der Waals surface area contributed by atoms with E-state index in [1.165, 1.54) is 193 Å². The van der Waals surface area contributed by atoms with Gasteiger partial charge in [-0.15, -0.1) is 0 Å². The Balaban J connectivity index is 3.41. The lowest BCUT2D eigenvalue weighted by atomic mass is 9.99. The first-order valence-electron chi connectivity index (χ1n) is 22.6. The van der Waals surface area contributed by atoms with E-state index >= 15 is 0 Å². The summed E-state index contributed by atoms with van der Waals surface area (Å²) in [4.78, 5) is 24.6. The molecular weight excluding hydrogens is 613 g/mol. The van der Waals surface area contributed by atoms with Crippen molar-refractivity contribution in [3.05, 3.63) is 24.3 Å². The standard InChI is InChI=1S/C47H88O3/c1-3-5-7-9-11-13-15-17-19-21-23-25-27-29-31-33-35-37-39-41-45(48)43-44-47(50)46(49)42-40-38-36-34-32-30-28-26-24-22-20-18-16-14-12-10-8-6-4-2/h17-20,47,50H,3-16,21-44H2,1-2H3. The summed E-state index contributed by atoms with van der Waals surface area (Å²) in [5.41, 5.74) is 0. The van der Waals surface area contributed by atoms with Gasteiger partial charge < -0.3 is 5.11 Å². The number of aliphatic hydroxyl groups excluding tert-OH is 1. The normalized spacial score (nSPS) is 12.5. The van der Waals surface area contributed by atoms with Gasteiger partial charge in [0.15, 0.2) is 5.78 Å². The average Bonchev–Trinajstić information content (AvgIpc) is 3.12. The fraction of sp³-hybridized carbons (Fsp3) is 0.872. The summed E-state index contributed by atoms with van der Waals surface area (Å²) in [6.45, 7) is 4.55. The molecule has 1 unspecified atom stereocenters. The number of unbranched alkanes of at least 4 members (excludes halogenated alkanes) is 30. The first kappa shape index (κ1) is 48.8. The van der Waals surface area contributed by atoms with Gasteiger partial charge in [-0.05, 0) is 70.6 Å². The number of hydrogen-bond acceptors (Lipinski definition) is 3. The van der Waals surface area contributed by atoms with E-state index < -0.39 is 6.10 Å². The van der Waals surface area contributed by atoms with Crippen molar-refractivity contribution in [1.82, 2.24) is 0 Å². The highest BCUT2D eigenvalue weighted by Crippen LogP contribution is 2.16. The van der Waals surface area contributed by atoms with E-state index in [1.807, 2.05) is 0 Å². The predicted molar refractivity (Wildman–Crippen MR) is 221 cm³/mol. The Kier molecular flexibility index (Phi) is 41.2. The third kappa shape index (κ3) is 39.6. The van der Waals surface area contributed by atoms with Crippen LogP contribution in [0.2, 0.25) is 0 Å². The van der Waals surface area contributed by atoms with Gasteiger partial charge in [-0.3, -0.25) is 9.59 Å². The molecule has 0 fully saturated rings. The van der Waals surface area contributed by atoms with E-state index in [2.05, 4.69) is 38.2 Å². The minimum absolute atomic E-state index is 0.0706. The molecule has 0 spiro atoms. The van der Waals surface area contributed by atoms with Crippen molar-refractivity contribution in [3.63, 3.8) is 0 Å². The number of carbonyl (C=O) groups excluding carboxylic acids is 2. The van der Waals surface area contributed by atoms with Crippen molar-refractivity contribution in [3.8, 4) is 0 Å². The van der Waals surface area contributed by atoms with Crippen molar-refractivity contribution < 1.29 is 14.7 Å². The molecule has 1 atom stereocenters. The Morgan fingerprint density at radius 1 is 0.380 bits per heavy atom. The van der Waals surface area contributed by atoms with E-state index in [4.69, 9.17) is 0 Å². The summed E-state index contributed by atoms with van der Waals surface area (Å²) in [5, 5.41) is 10.2. The van der Waals surface area contributed by atoms with Crippen molar-refractivity contribution in [2.75, 3.05) is 0 Å². The zero-order chi connectivity index (χ0) is 36.4. The summed E-state index contributed by atoms with van der Waals surface area (Å²) in [6, 6.07) is 0. The molecule has 0 aromatic heterocycles. The first-order chi connectivity index (χ1) is 24.6. The fourth-order valence-corrected chi connectivity index (χ4v) is 6.93. The summed E-state index contributed by atoms with van der Waals surface area (Å²) in [5.74, 6) is 0.136. The van der Waals surface area contributed by atoms with Gasteiger partial charge in [0.25, 0.3) is 0 Å². The molecule has 0 aliphatic heterocycles. The summed E-state index contributed by atoms with van der Waals surface area (Å²) in [7, 11) is 0. The molecule has 0 heterocycles. The summed E-state index contributed by atoms with van der Waals surface area (Å²) in [6.07, 6.45) is 54.2. The molecule has 0 saturated carbocycles. The molecule has 0 aliphatic carbocycles. The summed E-state index contributed by atoms with van der Waals surface area (Å²) < 4.78 is 0. The van der Waals surface area contributed by atoms with Crippen LogP contribution in [0.3, 0.4) is 0 Å². The van der Waals surface area contributed by atoms with Crippen LogP contribution in [-0.2, 0) is 9.59 Å². The van der Waals surface area contributed by atoms with Crippen molar-refractivity contribution >= 4 is 11.6 Å². The number of ketones is 2. The molecule has 0 amide bonds. The van der Waals surface area contributed by atoms with Crippen molar-refractivity contribution in [1.29, 1.82) is 0 Å². The lowest BCUT2D eigenvalue weighted by Crippen LogP contribution is -2.21. The largest absolute Gasteiger partial charge is 0.385 e. The number of carbonyl (C=O) groups is 2. The average molecular weight is 701 g/mol. The van der Waals surface area contributed by atoms with Crippen LogP contribution in [0.1, 0.15) is 258 Å². The Morgan fingerprint density at radius 3 is 1.00 bits per heavy atom. The van der Waals surface area contributed by atoms with Gasteiger partial charge in [-0.25, -0.2) is 0 Å². The lowest BCUT2D eigenvalue weighted by Gasteiger charge is -2.09. The molecule has 0 radical (unpaired) electrons. The van der Waals surface area contributed by atoms with Crippen LogP contribution >= 0.6 is 0 Å². The number of Topliss-reactive ketones (excluding diaryl/α,β-unsaturated/α-hetero) is 2. The number of rotatable bonds is 42. The molecule has 0 aromatic rings. The molecule has 0 aliphatic rings. The van der Waals surface area contributed by atoms with Gasteiger partial charge in [0, 0.05) is 19.3 Å². The Bertz CT molecular complexity index is 754. The minimum Gasteiger partial charge on any atom is -0.385 e. The Labute approximate surface area is 313 Å². The maximum absolute atomic E-state index is 12.3. The predicted octanol–water partition coefficient (Wildman–Crippen LogP) is 15.5. The van der Waals surface area contributed by atoms with Crippen LogP contribution in [0.15, 0.2) is 24.3 Å². The SMILES string of the molecule is CCCCCCCCC=CCCCCCCCCCCCC(=O)CCC(O)C(=O)CCCCCCCCCCCC=CCCCCCCCC. The van der Waals surface area contributed by atoms with Gasteiger partial charge >= 0.3 is 0 Å². The molecule has 294 valence electrons. The lowest BCUT2D eigenvalue weighted by molar-refractivity contribution is -0.128. The Morgan fingerprint density at radius 2 is 0.660 bits per heavy atom. The van der Waals surface area contributed by atoms with Crippen LogP contribution in [0, 0.1) is 0 Å². The van der Waals surface area contributed by atoms with E-state index in [0.717, 1.165) is 25.7 Å². The molecule has 3 heteroatoms. The van der Waals surface area contributed by atoms with Crippen LogP contribution < -0.4 is 0 Å². The number of aliphatic hydroxyl groups is 1. The zero-order valence-corrected chi connectivity index (χ0v) is 34.0. The van der Waals surface area contributed by atoms with E-state index in [1.54, 1.807) is 0 Å². The minimum atomic E-state index is -0.953. The highest BCUT2D eigenvalue weighted by Gasteiger charge is 2.16.